The Hall–Kier alpha value is -2.68. The molecule has 9 heteroatoms. The first-order chi connectivity index (χ1) is 12.8. The van der Waals surface area contributed by atoms with Crippen LogP contribution < -0.4 is 16.1 Å². The molecule has 0 unspecified atom stereocenters. The number of hydrogen-bond acceptors (Lipinski definition) is 4. The van der Waals surface area contributed by atoms with Crippen LogP contribution in [0.15, 0.2) is 35.1 Å². The highest BCUT2D eigenvalue weighted by Gasteiger charge is 2.34. The summed E-state index contributed by atoms with van der Waals surface area (Å²) in [4.78, 5) is 24.7. The van der Waals surface area contributed by atoms with Gasteiger partial charge in [-0.15, -0.1) is 0 Å². The van der Waals surface area contributed by atoms with Crippen LogP contribution in [-0.2, 0) is 6.18 Å². The molecule has 1 aliphatic heterocycles. The first-order valence-electron chi connectivity index (χ1n) is 8.56. The van der Waals surface area contributed by atoms with E-state index in [9.17, 15) is 22.8 Å². The summed E-state index contributed by atoms with van der Waals surface area (Å²) in [6.07, 6.45) is -3.17. The van der Waals surface area contributed by atoms with Crippen molar-refractivity contribution in [2.24, 2.45) is 0 Å². The Kier molecular flexibility index (Phi) is 5.31. The van der Waals surface area contributed by atoms with E-state index in [0.717, 1.165) is 29.9 Å². The number of nitrogens with one attached hydrogen (secondary N) is 2. The van der Waals surface area contributed by atoms with E-state index in [-0.39, 0.29) is 17.4 Å². The summed E-state index contributed by atoms with van der Waals surface area (Å²) in [6, 6.07) is 5.92. The maximum absolute atomic E-state index is 13.3. The number of para-hydroxylation sites is 1. The van der Waals surface area contributed by atoms with Gasteiger partial charge in [0.15, 0.2) is 5.69 Å². The topological polar surface area (TPSA) is 76.0 Å². The van der Waals surface area contributed by atoms with E-state index in [1.165, 1.54) is 25.1 Å². The van der Waals surface area contributed by atoms with E-state index in [4.69, 9.17) is 0 Å². The van der Waals surface area contributed by atoms with Gasteiger partial charge in [-0.3, -0.25) is 9.59 Å². The lowest BCUT2D eigenvalue weighted by Crippen LogP contribution is -2.44. The molecule has 0 aliphatic carbocycles. The van der Waals surface area contributed by atoms with Crippen molar-refractivity contribution in [2.75, 3.05) is 13.1 Å². The number of rotatable bonds is 3. The Balaban J connectivity index is 2.00. The molecule has 0 saturated carbocycles. The average molecular weight is 380 g/mol. The van der Waals surface area contributed by atoms with Gasteiger partial charge in [0.2, 0.25) is 5.43 Å². The number of hydrogen-bond donors (Lipinski definition) is 2. The van der Waals surface area contributed by atoms with E-state index < -0.39 is 28.8 Å². The predicted molar refractivity (Wildman–Crippen MR) is 92.9 cm³/mol. The molecule has 1 aromatic heterocycles. The van der Waals surface area contributed by atoms with Gasteiger partial charge in [0.1, 0.15) is 0 Å². The molecule has 1 fully saturated rings. The number of piperidine rings is 1. The lowest BCUT2D eigenvalue weighted by molar-refractivity contribution is -0.137. The summed E-state index contributed by atoms with van der Waals surface area (Å²) in [7, 11) is 0. The van der Waals surface area contributed by atoms with Crippen molar-refractivity contribution in [1.29, 1.82) is 0 Å². The van der Waals surface area contributed by atoms with Crippen molar-refractivity contribution in [3.8, 4) is 5.69 Å². The third kappa shape index (κ3) is 4.19. The first-order valence-corrected chi connectivity index (χ1v) is 8.56. The highest BCUT2D eigenvalue weighted by Crippen LogP contribution is 2.33. The Morgan fingerprint density at radius 3 is 2.59 bits per heavy atom. The highest BCUT2D eigenvalue weighted by atomic mass is 19.4. The molecule has 0 spiro atoms. The Labute approximate surface area is 153 Å². The highest BCUT2D eigenvalue weighted by molar-refractivity contribution is 5.92. The van der Waals surface area contributed by atoms with Crippen LogP contribution in [0.1, 0.15) is 34.6 Å². The first kappa shape index (κ1) is 19.1. The molecule has 144 valence electrons. The number of halogens is 3. The number of alkyl halides is 3. The molecule has 2 heterocycles. The van der Waals surface area contributed by atoms with Gasteiger partial charge >= 0.3 is 6.18 Å². The van der Waals surface area contributed by atoms with Crippen LogP contribution in [0.2, 0.25) is 0 Å². The Morgan fingerprint density at radius 2 is 1.93 bits per heavy atom. The van der Waals surface area contributed by atoms with Crippen molar-refractivity contribution in [3.63, 3.8) is 0 Å². The van der Waals surface area contributed by atoms with Gasteiger partial charge in [-0.1, -0.05) is 12.1 Å². The Bertz CT molecular complexity index is 902. The second-order valence-corrected chi connectivity index (χ2v) is 6.42. The van der Waals surface area contributed by atoms with E-state index in [0.29, 0.717) is 12.8 Å². The van der Waals surface area contributed by atoms with Crippen LogP contribution in [0.4, 0.5) is 13.2 Å². The summed E-state index contributed by atoms with van der Waals surface area (Å²) >= 11 is 0. The number of carbonyl (C=O) groups excluding carboxylic acids is 1. The minimum Gasteiger partial charge on any atom is -0.348 e. The second-order valence-electron chi connectivity index (χ2n) is 6.42. The van der Waals surface area contributed by atoms with E-state index in [1.807, 2.05) is 0 Å². The Morgan fingerprint density at radius 1 is 1.26 bits per heavy atom. The molecule has 2 aromatic rings. The summed E-state index contributed by atoms with van der Waals surface area (Å²) in [5, 5.41) is 9.86. The number of carbonyl (C=O) groups is 1. The zero-order valence-corrected chi connectivity index (χ0v) is 14.6. The quantitative estimate of drug-likeness (QED) is 0.855. The number of amides is 1. The molecular formula is C18H19F3N4O2. The van der Waals surface area contributed by atoms with E-state index in [1.54, 1.807) is 0 Å². The summed E-state index contributed by atoms with van der Waals surface area (Å²) in [5.41, 5.74) is -1.97. The normalized spacial score (nSPS) is 15.6. The van der Waals surface area contributed by atoms with E-state index >= 15 is 0 Å². The van der Waals surface area contributed by atoms with Crippen LogP contribution in [0.5, 0.6) is 0 Å². The second kappa shape index (κ2) is 7.51. The smallest absolute Gasteiger partial charge is 0.348 e. The third-order valence-electron chi connectivity index (χ3n) is 4.43. The maximum Gasteiger partial charge on any atom is 0.418 e. The molecule has 27 heavy (non-hydrogen) atoms. The minimum absolute atomic E-state index is 0.0998. The summed E-state index contributed by atoms with van der Waals surface area (Å²) in [6.45, 7) is 2.96. The zero-order valence-electron chi connectivity index (χ0n) is 14.6. The molecule has 1 aromatic carbocycles. The van der Waals surface area contributed by atoms with Gasteiger partial charge in [-0.05, 0) is 45.0 Å². The van der Waals surface area contributed by atoms with Gasteiger partial charge < -0.3 is 10.6 Å². The van der Waals surface area contributed by atoms with Gasteiger partial charge in [0.05, 0.1) is 11.3 Å². The standard InChI is InChI=1S/C18H19F3N4O2/c1-11-10-15(26)16(17(27)23-12-6-8-22-9-7-12)24-25(11)14-5-3-2-4-13(14)18(19,20)21/h2-5,10,12,22H,6-9H2,1H3,(H,23,27). The van der Waals surface area contributed by atoms with Crippen LogP contribution in [0.3, 0.4) is 0 Å². The van der Waals surface area contributed by atoms with Crippen molar-refractivity contribution >= 4 is 5.91 Å². The van der Waals surface area contributed by atoms with Crippen molar-refractivity contribution < 1.29 is 18.0 Å². The van der Waals surface area contributed by atoms with Gasteiger partial charge in [-0.25, -0.2) is 4.68 Å². The molecule has 1 saturated heterocycles. The van der Waals surface area contributed by atoms with Crippen molar-refractivity contribution in [2.45, 2.75) is 32.0 Å². The number of aromatic nitrogens is 2. The molecule has 0 radical (unpaired) electrons. The predicted octanol–water partition coefficient (Wildman–Crippen LogP) is 2.04. The van der Waals surface area contributed by atoms with Crippen molar-refractivity contribution in [3.05, 3.63) is 57.5 Å². The molecule has 2 N–H and O–H groups in total. The van der Waals surface area contributed by atoms with Crippen molar-refractivity contribution in [1.82, 2.24) is 20.4 Å². The largest absolute Gasteiger partial charge is 0.418 e. The zero-order chi connectivity index (χ0) is 19.6. The van der Waals surface area contributed by atoms with Crippen LogP contribution in [0, 0.1) is 6.92 Å². The lowest BCUT2D eigenvalue weighted by Gasteiger charge is -2.23. The molecule has 0 bridgehead atoms. The molecular weight excluding hydrogens is 361 g/mol. The van der Waals surface area contributed by atoms with Gasteiger partial charge in [0.25, 0.3) is 5.91 Å². The number of nitrogens with zero attached hydrogens (tertiary/aromatic N) is 2. The molecule has 1 aliphatic rings. The van der Waals surface area contributed by atoms with Crippen LogP contribution in [0.25, 0.3) is 5.69 Å². The average Bonchev–Trinajstić information content (AvgIpc) is 2.62. The van der Waals surface area contributed by atoms with E-state index in [2.05, 4.69) is 15.7 Å². The summed E-state index contributed by atoms with van der Waals surface area (Å²) < 4.78 is 41.0. The lowest BCUT2D eigenvalue weighted by atomic mass is 10.1. The molecule has 0 atom stereocenters. The minimum atomic E-state index is -4.59. The maximum atomic E-state index is 13.3. The number of benzene rings is 1. The van der Waals surface area contributed by atoms with Gasteiger partial charge in [0, 0.05) is 17.8 Å². The van der Waals surface area contributed by atoms with Crippen LogP contribution >= 0.6 is 0 Å². The molecule has 3 rings (SSSR count). The fourth-order valence-electron chi connectivity index (χ4n) is 3.07. The fourth-order valence-corrected chi connectivity index (χ4v) is 3.07. The van der Waals surface area contributed by atoms with Gasteiger partial charge in [-0.2, -0.15) is 18.3 Å². The summed E-state index contributed by atoms with van der Waals surface area (Å²) in [5.74, 6) is -0.676. The third-order valence-corrected chi connectivity index (χ3v) is 4.43. The molecule has 6 nitrogen and oxygen atoms in total. The SMILES string of the molecule is Cc1cc(=O)c(C(=O)NC2CCNCC2)nn1-c1ccccc1C(F)(F)F. The fraction of sp³-hybridized carbons (Fsp3) is 0.389. The van der Waals surface area contributed by atoms with Crippen LogP contribution in [-0.4, -0.2) is 34.8 Å². The monoisotopic (exact) mass is 380 g/mol. The number of aryl methyl sites for hydroxylation is 1. The molecule has 1 amide bonds.